The summed E-state index contributed by atoms with van der Waals surface area (Å²) in [6, 6.07) is 8.29. The van der Waals surface area contributed by atoms with Crippen molar-refractivity contribution in [2.24, 2.45) is 7.05 Å². The third kappa shape index (κ3) is 5.01. The lowest BCUT2D eigenvalue weighted by atomic mass is 10.00. The van der Waals surface area contributed by atoms with Crippen LogP contribution >= 0.6 is 0 Å². The molecule has 0 bridgehead atoms. The standard InChI is InChI=1S/C24H28F3N7O/c1-16(22-30-29-15-32(22)4)18-6-5-7-19(11-18)33-14-21-20(24(25,26)27)10-17(13-34(21)23(33)35)12-31(3)9-8-28-2/h5-7,10-11,13-16,28H,8-9,12H2,1-4H3/t16-/m1/s1. The summed E-state index contributed by atoms with van der Waals surface area (Å²) in [6.07, 6.45) is -0.255. The molecule has 0 spiro atoms. The van der Waals surface area contributed by atoms with E-state index in [-0.39, 0.29) is 18.0 Å². The summed E-state index contributed by atoms with van der Waals surface area (Å²) in [5, 5.41) is 11.1. The van der Waals surface area contributed by atoms with E-state index in [1.54, 1.807) is 29.1 Å². The SMILES string of the molecule is CNCCN(C)Cc1cc(C(F)(F)F)c2cn(-c3cccc([C@@H](C)c4nncn4C)c3)c(=O)n2c1. The Morgan fingerprint density at radius 2 is 1.97 bits per heavy atom. The van der Waals surface area contributed by atoms with Crippen molar-refractivity contribution in [2.45, 2.75) is 25.6 Å². The molecule has 1 N–H and O–H groups in total. The van der Waals surface area contributed by atoms with Gasteiger partial charge in [-0.05, 0) is 43.4 Å². The molecule has 35 heavy (non-hydrogen) atoms. The summed E-state index contributed by atoms with van der Waals surface area (Å²) in [5.74, 6) is 0.614. The third-order valence-corrected chi connectivity index (χ3v) is 6.11. The average molecular weight is 488 g/mol. The molecule has 1 atom stereocenters. The first-order valence-electron chi connectivity index (χ1n) is 11.2. The molecular formula is C24H28F3N7O. The van der Waals surface area contributed by atoms with Gasteiger partial charge >= 0.3 is 11.9 Å². The van der Waals surface area contributed by atoms with Crippen molar-refractivity contribution in [3.05, 3.63) is 82.1 Å². The molecule has 8 nitrogen and oxygen atoms in total. The molecule has 4 rings (SSSR count). The lowest BCUT2D eigenvalue weighted by molar-refractivity contribution is -0.136. The first-order chi connectivity index (χ1) is 16.6. The van der Waals surface area contributed by atoms with Crippen LogP contribution < -0.4 is 11.0 Å². The molecule has 0 fully saturated rings. The van der Waals surface area contributed by atoms with Crippen molar-refractivity contribution in [3.8, 4) is 5.69 Å². The van der Waals surface area contributed by atoms with Gasteiger partial charge in [-0.2, -0.15) is 13.2 Å². The van der Waals surface area contributed by atoms with Gasteiger partial charge < -0.3 is 14.8 Å². The maximum Gasteiger partial charge on any atom is 0.418 e. The van der Waals surface area contributed by atoms with Gasteiger partial charge in [0.05, 0.1) is 16.8 Å². The number of likely N-dealkylation sites (N-methyl/N-ethyl adjacent to an activating group) is 2. The van der Waals surface area contributed by atoms with Crippen LogP contribution in [0.4, 0.5) is 13.2 Å². The topological polar surface area (TPSA) is 72.4 Å². The highest BCUT2D eigenvalue weighted by Crippen LogP contribution is 2.33. The first-order valence-corrected chi connectivity index (χ1v) is 11.2. The Hall–Kier alpha value is -3.44. The van der Waals surface area contributed by atoms with Crippen molar-refractivity contribution in [1.82, 2.24) is 33.9 Å². The van der Waals surface area contributed by atoms with Crippen LogP contribution in [0.15, 0.2) is 53.8 Å². The minimum atomic E-state index is -4.61. The molecule has 3 heterocycles. The lowest BCUT2D eigenvalue weighted by Gasteiger charge is -2.18. The number of nitrogens with one attached hydrogen (secondary N) is 1. The van der Waals surface area contributed by atoms with Gasteiger partial charge in [0.25, 0.3) is 0 Å². The number of nitrogens with zero attached hydrogens (tertiary/aromatic N) is 6. The van der Waals surface area contributed by atoms with Gasteiger partial charge in [-0.3, -0.25) is 8.97 Å². The van der Waals surface area contributed by atoms with Crippen molar-refractivity contribution >= 4 is 5.52 Å². The molecule has 3 aromatic heterocycles. The van der Waals surface area contributed by atoms with Crippen LogP contribution in [-0.4, -0.2) is 55.8 Å². The zero-order valence-electron chi connectivity index (χ0n) is 20.0. The molecule has 0 aliphatic rings. The maximum absolute atomic E-state index is 14.0. The molecule has 0 unspecified atom stereocenters. The van der Waals surface area contributed by atoms with Crippen LogP contribution in [0.2, 0.25) is 0 Å². The Bertz CT molecular complexity index is 1390. The Morgan fingerprint density at radius 3 is 2.63 bits per heavy atom. The van der Waals surface area contributed by atoms with E-state index in [0.717, 1.165) is 21.9 Å². The molecule has 0 aliphatic carbocycles. The van der Waals surface area contributed by atoms with Gasteiger partial charge in [0, 0.05) is 45.0 Å². The average Bonchev–Trinajstić information content (AvgIpc) is 3.39. The largest absolute Gasteiger partial charge is 0.418 e. The zero-order valence-corrected chi connectivity index (χ0v) is 20.0. The van der Waals surface area contributed by atoms with Gasteiger partial charge in [0.2, 0.25) is 0 Å². The number of fused-ring (bicyclic) bond motifs is 1. The molecule has 0 radical (unpaired) electrons. The zero-order chi connectivity index (χ0) is 25.3. The number of alkyl halides is 3. The molecular weight excluding hydrogens is 459 g/mol. The molecule has 0 saturated carbocycles. The molecule has 0 aliphatic heterocycles. The van der Waals surface area contributed by atoms with Crippen molar-refractivity contribution < 1.29 is 13.2 Å². The number of aromatic nitrogens is 5. The molecule has 0 saturated heterocycles. The molecule has 186 valence electrons. The Labute approximate surface area is 200 Å². The van der Waals surface area contributed by atoms with Crippen LogP contribution in [0, 0.1) is 0 Å². The number of rotatable bonds is 8. The Balaban J connectivity index is 1.79. The van der Waals surface area contributed by atoms with Gasteiger partial charge in [-0.1, -0.05) is 19.1 Å². The summed E-state index contributed by atoms with van der Waals surface area (Å²) >= 11 is 0. The van der Waals surface area contributed by atoms with E-state index in [9.17, 15) is 18.0 Å². The highest BCUT2D eigenvalue weighted by atomic mass is 19.4. The number of halogens is 3. The third-order valence-electron chi connectivity index (χ3n) is 6.11. The number of benzene rings is 1. The molecule has 4 aromatic rings. The van der Waals surface area contributed by atoms with Crippen LogP contribution in [0.1, 0.15) is 35.4 Å². The van der Waals surface area contributed by atoms with Crippen LogP contribution in [0.3, 0.4) is 0 Å². The number of imidazole rings is 1. The summed E-state index contributed by atoms with van der Waals surface area (Å²) in [7, 11) is 5.48. The van der Waals surface area contributed by atoms with E-state index in [4.69, 9.17) is 0 Å². The smallest absolute Gasteiger partial charge is 0.320 e. The number of hydrogen-bond acceptors (Lipinski definition) is 5. The van der Waals surface area contributed by atoms with Gasteiger partial charge in [-0.15, -0.1) is 10.2 Å². The quantitative estimate of drug-likeness (QED) is 0.414. The molecule has 0 amide bonds. The predicted molar refractivity (Wildman–Crippen MR) is 127 cm³/mol. The summed E-state index contributed by atoms with van der Waals surface area (Å²) in [4.78, 5) is 15.2. The minimum absolute atomic E-state index is 0.124. The van der Waals surface area contributed by atoms with E-state index in [2.05, 4.69) is 15.5 Å². The summed E-state index contributed by atoms with van der Waals surface area (Å²) < 4.78 is 46.1. The van der Waals surface area contributed by atoms with Gasteiger partial charge in [0.15, 0.2) is 0 Å². The van der Waals surface area contributed by atoms with Crippen molar-refractivity contribution in [1.29, 1.82) is 0 Å². The van der Waals surface area contributed by atoms with E-state index in [1.165, 1.54) is 17.0 Å². The second-order valence-electron chi connectivity index (χ2n) is 8.75. The second-order valence-corrected chi connectivity index (χ2v) is 8.75. The normalized spacial score (nSPS) is 13.1. The van der Waals surface area contributed by atoms with E-state index < -0.39 is 17.4 Å². The van der Waals surface area contributed by atoms with Gasteiger partial charge in [0.1, 0.15) is 12.2 Å². The van der Waals surface area contributed by atoms with Crippen molar-refractivity contribution in [2.75, 3.05) is 27.2 Å². The fraction of sp³-hybridized carbons (Fsp3) is 0.375. The maximum atomic E-state index is 14.0. The summed E-state index contributed by atoms with van der Waals surface area (Å²) in [6.45, 7) is 3.59. The Morgan fingerprint density at radius 1 is 1.20 bits per heavy atom. The lowest BCUT2D eigenvalue weighted by Crippen LogP contribution is -2.27. The minimum Gasteiger partial charge on any atom is -0.320 e. The highest BCUT2D eigenvalue weighted by molar-refractivity contribution is 5.58. The van der Waals surface area contributed by atoms with Crippen LogP contribution in [-0.2, 0) is 19.8 Å². The van der Waals surface area contributed by atoms with E-state index in [0.29, 0.717) is 24.3 Å². The monoisotopic (exact) mass is 487 g/mol. The fourth-order valence-corrected chi connectivity index (χ4v) is 4.21. The van der Waals surface area contributed by atoms with Crippen molar-refractivity contribution in [3.63, 3.8) is 0 Å². The molecule has 1 aromatic carbocycles. The fourth-order valence-electron chi connectivity index (χ4n) is 4.21. The van der Waals surface area contributed by atoms with Crippen LogP contribution in [0.25, 0.3) is 11.2 Å². The first kappa shape index (κ1) is 24.7. The predicted octanol–water partition coefficient (Wildman–Crippen LogP) is 3.04. The summed E-state index contributed by atoms with van der Waals surface area (Å²) in [5.41, 5.74) is 0.170. The number of aryl methyl sites for hydroxylation is 1. The number of pyridine rings is 1. The van der Waals surface area contributed by atoms with Gasteiger partial charge in [-0.25, -0.2) is 4.79 Å². The van der Waals surface area contributed by atoms with E-state index in [1.807, 2.05) is 39.0 Å². The Kier molecular flexibility index (Phi) is 6.82. The molecule has 11 heteroatoms. The van der Waals surface area contributed by atoms with E-state index >= 15 is 0 Å². The van der Waals surface area contributed by atoms with Crippen LogP contribution in [0.5, 0.6) is 0 Å². The second kappa shape index (κ2) is 9.67. The highest BCUT2D eigenvalue weighted by Gasteiger charge is 2.34. The number of hydrogen-bond donors (Lipinski definition) is 1.